The summed E-state index contributed by atoms with van der Waals surface area (Å²) in [5, 5.41) is 12.1. The number of primary sulfonamides is 1. The first kappa shape index (κ1) is 12.0. The lowest BCUT2D eigenvalue weighted by molar-refractivity contribution is 0.598. The monoisotopic (exact) mass is 232 g/mol. The van der Waals surface area contributed by atoms with E-state index in [2.05, 4.69) is 10.4 Å². The highest BCUT2D eigenvalue weighted by Crippen LogP contribution is 2.12. The number of anilines is 1. The minimum Gasteiger partial charge on any atom is -0.381 e. The fourth-order valence-electron chi connectivity index (χ4n) is 1.27. The summed E-state index contributed by atoms with van der Waals surface area (Å²) in [6, 6.07) is 0. The van der Waals surface area contributed by atoms with Gasteiger partial charge in [0.1, 0.15) is 0 Å². The third kappa shape index (κ3) is 3.88. The van der Waals surface area contributed by atoms with Crippen LogP contribution in [0.4, 0.5) is 5.69 Å². The number of rotatable bonds is 5. The van der Waals surface area contributed by atoms with Crippen LogP contribution in [0, 0.1) is 0 Å². The van der Waals surface area contributed by atoms with Gasteiger partial charge in [-0.25, -0.2) is 13.6 Å². The van der Waals surface area contributed by atoms with E-state index in [1.54, 1.807) is 4.68 Å². The molecule has 0 bridgehead atoms. The van der Waals surface area contributed by atoms with Crippen LogP contribution in [0.25, 0.3) is 0 Å². The summed E-state index contributed by atoms with van der Waals surface area (Å²) in [5.41, 5.74) is 1.79. The summed E-state index contributed by atoms with van der Waals surface area (Å²) < 4.78 is 23.1. The van der Waals surface area contributed by atoms with E-state index in [-0.39, 0.29) is 5.75 Å². The first-order valence-corrected chi connectivity index (χ1v) is 6.41. The van der Waals surface area contributed by atoms with E-state index in [4.69, 9.17) is 5.14 Å². The second kappa shape index (κ2) is 4.63. The average Bonchev–Trinajstić information content (AvgIpc) is 2.44. The number of nitrogens with two attached hydrogens (primary N) is 1. The fraction of sp³-hybridized carbons (Fsp3) is 0.625. The van der Waals surface area contributed by atoms with Gasteiger partial charge in [-0.1, -0.05) is 6.92 Å². The Hall–Kier alpha value is -1.08. The zero-order chi connectivity index (χ0) is 11.5. The minimum absolute atomic E-state index is 0.0783. The van der Waals surface area contributed by atoms with Crippen molar-refractivity contribution in [3.63, 3.8) is 0 Å². The summed E-state index contributed by atoms with van der Waals surface area (Å²) in [4.78, 5) is 0. The van der Waals surface area contributed by atoms with Crippen LogP contribution in [-0.2, 0) is 23.5 Å². The van der Waals surface area contributed by atoms with Crippen LogP contribution >= 0.6 is 0 Å². The van der Waals surface area contributed by atoms with Gasteiger partial charge in [0.05, 0.1) is 17.1 Å². The average molecular weight is 232 g/mol. The molecule has 15 heavy (non-hydrogen) atoms. The van der Waals surface area contributed by atoms with Crippen molar-refractivity contribution >= 4 is 15.7 Å². The molecule has 0 amide bonds. The van der Waals surface area contributed by atoms with Crippen molar-refractivity contribution in [2.24, 2.45) is 12.2 Å². The molecule has 0 aliphatic rings. The van der Waals surface area contributed by atoms with Gasteiger partial charge in [0, 0.05) is 19.8 Å². The van der Waals surface area contributed by atoms with Crippen LogP contribution in [0.1, 0.15) is 12.6 Å². The van der Waals surface area contributed by atoms with E-state index in [0.717, 1.165) is 17.8 Å². The van der Waals surface area contributed by atoms with Gasteiger partial charge >= 0.3 is 0 Å². The van der Waals surface area contributed by atoms with Crippen molar-refractivity contribution in [3.8, 4) is 0 Å². The molecule has 86 valence electrons. The Bertz CT molecular complexity index is 424. The molecule has 1 heterocycles. The highest BCUT2D eigenvalue weighted by Gasteiger charge is 2.06. The molecule has 0 spiro atoms. The number of nitrogens with one attached hydrogen (secondary N) is 1. The standard InChI is InChI=1S/C8H16N4O2S/c1-3-7-8(6-12(2)11-7)10-4-5-15(9,13)14/h6,10H,3-5H2,1-2H3,(H2,9,13,14). The predicted octanol–water partition coefficient (Wildman–Crippen LogP) is -0.317. The third-order valence-corrected chi connectivity index (χ3v) is 2.72. The molecule has 0 radical (unpaired) electrons. The number of sulfonamides is 1. The van der Waals surface area contributed by atoms with Crippen molar-refractivity contribution in [1.82, 2.24) is 9.78 Å². The van der Waals surface area contributed by atoms with E-state index >= 15 is 0 Å². The summed E-state index contributed by atoms with van der Waals surface area (Å²) in [7, 11) is -1.57. The van der Waals surface area contributed by atoms with Gasteiger partial charge < -0.3 is 5.32 Å². The third-order valence-electron chi connectivity index (χ3n) is 1.94. The molecule has 0 atom stereocenters. The van der Waals surface area contributed by atoms with Gasteiger partial charge in [-0.3, -0.25) is 4.68 Å². The maximum Gasteiger partial charge on any atom is 0.210 e. The Balaban J connectivity index is 2.57. The molecule has 0 aliphatic carbocycles. The summed E-state index contributed by atoms with van der Waals surface area (Å²) >= 11 is 0. The van der Waals surface area contributed by atoms with Crippen LogP contribution in [-0.4, -0.2) is 30.5 Å². The SMILES string of the molecule is CCc1nn(C)cc1NCCS(N)(=O)=O. The molecule has 0 fully saturated rings. The second-order valence-corrected chi connectivity index (χ2v) is 5.04. The van der Waals surface area contributed by atoms with Gasteiger partial charge in [0.2, 0.25) is 10.0 Å². The molecule has 0 saturated heterocycles. The maximum absolute atomic E-state index is 10.7. The molecular formula is C8H16N4O2S. The highest BCUT2D eigenvalue weighted by atomic mass is 32.2. The molecule has 0 aliphatic heterocycles. The molecule has 1 aromatic rings. The largest absolute Gasteiger partial charge is 0.381 e. The van der Waals surface area contributed by atoms with E-state index in [9.17, 15) is 8.42 Å². The van der Waals surface area contributed by atoms with Crippen LogP contribution in [0.2, 0.25) is 0 Å². The lowest BCUT2D eigenvalue weighted by Gasteiger charge is -2.03. The molecule has 6 nitrogen and oxygen atoms in total. The van der Waals surface area contributed by atoms with Crippen LogP contribution < -0.4 is 10.5 Å². The quantitative estimate of drug-likeness (QED) is 0.728. The van der Waals surface area contributed by atoms with Crippen molar-refractivity contribution in [2.75, 3.05) is 17.6 Å². The molecule has 1 aromatic heterocycles. The zero-order valence-electron chi connectivity index (χ0n) is 8.90. The lowest BCUT2D eigenvalue weighted by atomic mass is 10.3. The lowest BCUT2D eigenvalue weighted by Crippen LogP contribution is -2.22. The molecule has 0 saturated carbocycles. The molecule has 0 aromatic carbocycles. The number of hydrogen-bond donors (Lipinski definition) is 2. The Morgan fingerprint density at radius 3 is 2.80 bits per heavy atom. The highest BCUT2D eigenvalue weighted by molar-refractivity contribution is 7.89. The predicted molar refractivity (Wildman–Crippen MR) is 59.0 cm³/mol. The van der Waals surface area contributed by atoms with Crippen LogP contribution in [0.5, 0.6) is 0 Å². The molecular weight excluding hydrogens is 216 g/mol. The van der Waals surface area contributed by atoms with Gasteiger partial charge in [-0.15, -0.1) is 0 Å². The Labute approximate surface area is 89.5 Å². The van der Waals surface area contributed by atoms with Crippen LogP contribution in [0.3, 0.4) is 0 Å². The van der Waals surface area contributed by atoms with Crippen molar-refractivity contribution in [1.29, 1.82) is 0 Å². The summed E-state index contributed by atoms with van der Waals surface area (Å²) in [5.74, 6) is -0.0783. The van der Waals surface area contributed by atoms with Crippen molar-refractivity contribution in [3.05, 3.63) is 11.9 Å². The Kier molecular flexibility index (Phi) is 3.70. The zero-order valence-corrected chi connectivity index (χ0v) is 9.71. The van der Waals surface area contributed by atoms with Gasteiger partial charge in [0.15, 0.2) is 0 Å². The number of nitrogens with zero attached hydrogens (tertiary/aromatic N) is 2. The van der Waals surface area contributed by atoms with E-state index in [0.29, 0.717) is 6.54 Å². The van der Waals surface area contributed by atoms with Crippen molar-refractivity contribution < 1.29 is 8.42 Å². The van der Waals surface area contributed by atoms with Crippen LogP contribution in [0.15, 0.2) is 6.20 Å². The normalized spacial score (nSPS) is 11.7. The summed E-state index contributed by atoms with van der Waals surface area (Å²) in [6.07, 6.45) is 2.63. The van der Waals surface area contributed by atoms with E-state index in [1.165, 1.54) is 0 Å². The number of aryl methyl sites for hydroxylation is 2. The smallest absolute Gasteiger partial charge is 0.210 e. The van der Waals surface area contributed by atoms with Crippen molar-refractivity contribution in [2.45, 2.75) is 13.3 Å². The second-order valence-electron chi connectivity index (χ2n) is 3.31. The summed E-state index contributed by atoms with van der Waals surface area (Å²) in [6.45, 7) is 2.30. The van der Waals surface area contributed by atoms with Gasteiger partial charge in [0.25, 0.3) is 0 Å². The molecule has 3 N–H and O–H groups in total. The number of hydrogen-bond acceptors (Lipinski definition) is 4. The number of aromatic nitrogens is 2. The first-order valence-electron chi connectivity index (χ1n) is 4.69. The maximum atomic E-state index is 10.7. The minimum atomic E-state index is -3.40. The topological polar surface area (TPSA) is 90.0 Å². The van der Waals surface area contributed by atoms with E-state index < -0.39 is 10.0 Å². The van der Waals surface area contributed by atoms with Gasteiger partial charge in [-0.05, 0) is 6.42 Å². The first-order chi connectivity index (χ1) is 6.92. The van der Waals surface area contributed by atoms with Gasteiger partial charge in [-0.2, -0.15) is 5.10 Å². The molecule has 0 unspecified atom stereocenters. The molecule has 1 rings (SSSR count). The Morgan fingerprint density at radius 1 is 1.60 bits per heavy atom. The Morgan fingerprint density at radius 2 is 2.27 bits per heavy atom. The molecule has 7 heteroatoms. The van der Waals surface area contributed by atoms with E-state index in [1.807, 2.05) is 20.2 Å². The fourth-order valence-corrected chi connectivity index (χ4v) is 1.66.